The number of fused-ring (bicyclic) bond motifs is 2. The lowest BCUT2D eigenvalue weighted by Gasteiger charge is -2.15. The van der Waals surface area contributed by atoms with E-state index in [1.54, 1.807) is 18.3 Å². The van der Waals surface area contributed by atoms with Gasteiger partial charge in [0.05, 0.1) is 17.3 Å². The molecule has 0 bridgehead atoms. The van der Waals surface area contributed by atoms with E-state index in [0.29, 0.717) is 5.56 Å². The fourth-order valence-electron chi connectivity index (χ4n) is 3.15. The fourth-order valence-corrected chi connectivity index (χ4v) is 3.15. The highest BCUT2D eigenvalue weighted by molar-refractivity contribution is 5.78. The number of aromatic nitrogens is 1. The third-order valence-corrected chi connectivity index (χ3v) is 4.50. The second-order valence-electron chi connectivity index (χ2n) is 6.14. The molecular formula is C23H16N2O. The molecule has 1 heterocycles. The zero-order chi connectivity index (χ0) is 17.9. The molecule has 3 heteroatoms. The first-order valence-electron chi connectivity index (χ1n) is 8.38. The molecule has 2 aromatic carbocycles. The summed E-state index contributed by atoms with van der Waals surface area (Å²) in [4.78, 5) is 4.50. The molecule has 3 aromatic rings. The van der Waals surface area contributed by atoms with Crippen LogP contribution >= 0.6 is 0 Å². The molecule has 0 fully saturated rings. The monoisotopic (exact) mass is 336 g/mol. The zero-order valence-corrected chi connectivity index (χ0v) is 14.0. The molecule has 0 amide bonds. The van der Waals surface area contributed by atoms with Gasteiger partial charge < -0.3 is 5.11 Å². The first kappa shape index (κ1) is 16.0. The SMILES string of the molecule is N#Cc1cccc2c1C=Cc1ncc(/C=C/c3ccccc3)cc1C2O. The van der Waals surface area contributed by atoms with Crippen LogP contribution < -0.4 is 0 Å². The molecule has 0 spiro atoms. The van der Waals surface area contributed by atoms with Crippen molar-refractivity contribution in [2.75, 3.05) is 0 Å². The van der Waals surface area contributed by atoms with Gasteiger partial charge in [0.15, 0.2) is 0 Å². The summed E-state index contributed by atoms with van der Waals surface area (Å²) >= 11 is 0. The average Bonchev–Trinajstić information content (AvgIpc) is 2.84. The van der Waals surface area contributed by atoms with E-state index in [9.17, 15) is 10.4 Å². The topological polar surface area (TPSA) is 56.9 Å². The molecule has 0 saturated heterocycles. The normalized spacial score (nSPS) is 15.2. The Morgan fingerprint density at radius 3 is 2.54 bits per heavy atom. The third-order valence-electron chi connectivity index (χ3n) is 4.50. The predicted octanol–water partition coefficient (Wildman–Crippen LogP) is 4.69. The number of aliphatic hydroxyl groups is 1. The Morgan fingerprint density at radius 2 is 1.73 bits per heavy atom. The molecule has 124 valence electrons. The van der Waals surface area contributed by atoms with Crippen LogP contribution in [-0.4, -0.2) is 10.1 Å². The van der Waals surface area contributed by atoms with Gasteiger partial charge in [-0.2, -0.15) is 5.26 Å². The Hall–Kier alpha value is -3.48. The van der Waals surface area contributed by atoms with Gasteiger partial charge in [-0.1, -0.05) is 60.7 Å². The molecule has 26 heavy (non-hydrogen) atoms. The van der Waals surface area contributed by atoms with Crippen molar-refractivity contribution in [2.24, 2.45) is 0 Å². The van der Waals surface area contributed by atoms with Gasteiger partial charge in [0.2, 0.25) is 0 Å². The standard InChI is InChI=1S/C23H16N2O/c24-14-18-7-4-8-20-19(18)11-12-22-21(23(20)26)13-17(15-25-22)10-9-16-5-2-1-3-6-16/h1-13,15,23,26H/b10-9+. The van der Waals surface area contributed by atoms with Crippen molar-refractivity contribution in [2.45, 2.75) is 6.10 Å². The van der Waals surface area contributed by atoms with Gasteiger partial charge >= 0.3 is 0 Å². The van der Waals surface area contributed by atoms with Crippen LogP contribution in [-0.2, 0) is 0 Å². The van der Waals surface area contributed by atoms with Gasteiger partial charge in [-0.05, 0) is 40.5 Å². The minimum atomic E-state index is -0.819. The first-order valence-corrected chi connectivity index (χ1v) is 8.38. The van der Waals surface area contributed by atoms with E-state index < -0.39 is 6.10 Å². The summed E-state index contributed by atoms with van der Waals surface area (Å²) in [6.07, 6.45) is 8.68. The third kappa shape index (κ3) is 2.95. The molecule has 4 rings (SSSR count). The lowest BCUT2D eigenvalue weighted by Crippen LogP contribution is -2.04. The van der Waals surface area contributed by atoms with Crippen LogP contribution in [0.1, 0.15) is 45.2 Å². The number of hydrogen-bond acceptors (Lipinski definition) is 3. The van der Waals surface area contributed by atoms with Crippen LogP contribution in [0.2, 0.25) is 0 Å². The van der Waals surface area contributed by atoms with Crippen LogP contribution in [0, 0.1) is 11.3 Å². The van der Waals surface area contributed by atoms with E-state index in [2.05, 4.69) is 11.1 Å². The van der Waals surface area contributed by atoms with Crippen molar-refractivity contribution in [1.82, 2.24) is 4.98 Å². The van der Waals surface area contributed by atoms with Gasteiger partial charge in [-0.3, -0.25) is 4.98 Å². The predicted molar refractivity (Wildman–Crippen MR) is 104 cm³/mol. The largest absolute Gasteiger partial charge is 0.384 e. The minimum absolute atomic E-state index is 0.551. The smallest absolute Gasteiger partial charge is 0.107 e. The number of pyridine rings is 1. The highest BCUT2D eigenvalue weighted by Crippen LogP contribution is 2.33. The molecule has 1 aliphatic carbocycles. The van der Waals surface area contributed by atoms with Crippen molar-refractivity contribution < 1.29 is 5.11 Å². The van der Waals surface area contributed by atoms with Crippen molar-refractivity contribution in [3.63, 3.8) is 0 Å². The maximum absolute atomic E-state index is 10.9. The molecule has 0 radical (unpaired) electrons. The van der Waals surface area contributed by atoms with E-state index in [0.717, 1.165) is 33.5 Å². The number of nitriles is 1. The molecule has 3 nitrogen and oxygen atoms in total. The van der Waals surface area contributed by atoms with E-state index in [-0.39, 0.29) is 0 Å². The average molecular weight is 336 g/mol. The van der Waals surface area contributed by atoms with Crippen molar-refractivity contribution in [3.05, 3.63) is 99.9 Å². The number of aliphatic hydroxyl groups excluding tert-OH is 1. The van der Waals surface area contributed by atoms with Gasteiger partial charge in [0.25, 0.3) is 0 Å². The maximum Gasteiger partial charge on any atom is 0.107 e. The van der Waals surface area contributed by atoms with Crippen molar-refractivity contribution in [3.8, 4) is 6.07 Å². The Kier molecular flexibility index (Phi) is 4.18. The highest BCUT2D eigenvalue weighted by Gasteiger charge is 2.21. The van der Waals surface area contributed by atoms with Crippen LogP contribution in [0.15, 0.2) is 60.8 Å². The summed E-state index contributed by atoms with van der Waals surface area (Å²) in [5.41, 5.74) is 5.51. The van der Waals surface area contributed by atoms with Crippen LogP contribution in [0.25, 0.3) is 24.3 Å². The molecule has 1 unspecified atom stereocenters. The summed E-state index contributed by atoms with van der Waals surface area (Å²) in [7, 11) is 0. The zero-order valence-electron chi connectivity index (χ0n) is 14.0. The van der Waals surface area contributed by atoms with E-state index in [1.807, 2.05) is 66.8 Å². The van der Waals surface area contributed by atoms with Crippen LogP contribution in [0.3, 0.4) is 0 Å². The van der Waals surface area contributed by atoms with Gasteiger partial charge in [-0.15, -0.1) is 0 Å². The number of hydrogen-bond donors (Lipinski definition) is 1. The quantitative estimate of drug-likeness (QED) is 0.738. The summed E-state index contributed by atoms with van der Waals surface area (Å²) in [6, 6.07) is 19.6. The Morgan fingerprint density at radius 1 is 0.923 bits per heavy atom. The maximum atomic E-state index is 10.9. The molecular weight excluding hydrogens is 320 g/mol. The lowest BCUT2D eigenvalue weighted by molar-refractivity contribution is 0.219. The van der Waals surface area contributed by atoms with Gasteiger partial charge in [0.1, 0.15) is 6.10 Å². The lowest BCUT2D eigenvalue weighted by atomic mass is 9.95. The molecule has 1 aliphatic rings. The molecule has 1 aromatic heterocycles. The van der Waals surface area contributed by atoms with E-state index in [1.165, 1.54) is 0 Å². The van der Waals surface area contributed by atoms with Crippen molar-refractivity contribution >= 4 is 24.3 Å². The second-order valence-corrected chi connectivity index (χ2v) is 6.14. The van der Waals surface area contributed by atoms with Gasteiger partial charge in [-0.25, -0.2) is 0 Å². The summed E-state index contributed by atoms with van der Waals surface area (Å²) in [5.74, 6) is 0. The summed E-state index contributed by atoms with van der Waals surface area (Å²) < 4.78 is 0. The van der Waals surface area contributed by atoms with Crippen LogP contribution in [0.4, 0.5) is 0 Å². The summed E-state index contributed by atoms with van der Waals surface area (Å²) in [6.45, 7) is 0. The number of benzene rings is 2. The highest BCUT2D eigenvalue weighted by atomic mass is 16.3. The molecule has 1 atom stereocenters. The van der Waals surface area contributed by atoms with Crippen molar-refractivity contribution in [1.29, 1.82) is 5.26 Å². The fraction of sp³-hybridized carbons (Fsp3) is 0.0435. The van der Waals surface area contributed by atoms with Crippen LogP contribution in [0.5, 0.6) is 0 Å². The molecule has 1 N–H and O–H groups in total. The molecule has 0 saturated carbocycles. The Balaban J connectivity index is 1.75. The minimum Gasteiger partial charge on any atom is -0.384 e. The number of nitrogens with zero attached hydrogens (tertiary/aromatic N) is 2. The van der Waals surface area contributed by atoms with E-state index >= 15 is 0 Å². The van der Waals surface area contributed by atoms with Gasteiger partial charge in [0, 0.05) is 11.8 Å². The first-order chi connectivity index (χ1) is 12.8. The number of rotatable bonds is 2. The Labute approximate surface area is 152 Å². The molecule has 0 aliphatic heterocycles. The van der Waals surface area contributed by atoms with E-state index in [4.69, 9.17) is 0 Å². The second kappa shape index (κ2) is 6.79. The summed E-state index contributed by atoms with van der Waals surface area (Å²) in [5, 5.41) is 20.2. The Bertz CT molecular complexity index is 1060.